The Labute approximate surface area is 99.7 Å². The number of halogens is 3. The lowest BCUT2D eigenvalue weighted by atomic mass is 10.2. The van der Waals surface area contributed by atoms with Crippen LogP contribution >= 0.6 is 26.6 Å². The van der Waals surface area contributed by atoms with Crippen molar-refractivity contribution in [1.29, 1.82) is 0 Å². The Morgan fingerprint density at radius 2 is 2.13 bits per heavy atom. The average Bonchev–Trinajstić information content (AvgIpc) is 2.11. The van der Waals surface area contributed by atoms with Gasteiger partial charge in [-0.2, -0.15) is 0 Å². The molecule has 0 N–H and O–H groups in total. The molecule has 3 nitrogen and oxygen atoms in total. The molecule has 0 heterocycles. The molecule has 0 saturated heterocycles. The first-order valence-electron chi connectivity index (χ1n) is 3.78. The molecule has 0 saturated carbocycles. The molecule has 0 aliphatic carbocycles. The summed E-state index contributed by atoms with van der Waals surface area (Å²) in [4.78, 5) is 0. The van der Waals surface area contributed by atoms with E-state index in [0.29, 0.717) is 5.75 Å². The molecule has 0 bridgehead atoms. The first-order chi connectivity index (χ1) is 6.85. The standard InChI is InChI=1S/C8H7BrClFO3S/c1-14-6-3-2-5(4-15(10,12)13)8(11)7(6)9/h2-3H,4H2,1H3. The maximum Gasteiger partial charge on any atom is 0.236 e. The monoisotopic (exact) mass is 316 g/mol. The van der Waals surface area contributed by atoms with Gasteiger partial charge in [0, 0.05) is 16.2 Å². The molecule has 0 aliphatic rings. The van der Waals surface area contributed by atoms with Crippen LogP contribution in [0.3, 0.4) is 0 Å². The summed E-state index contributed by atoms with van der Waals surface area (Å²) >= 11 is 2.96. The van der Waals surface area contributed by atoms with E-state index in [0.717, 1.165) is 0 Å². The summed E-state index contributed by atoms with van der Waals surface area (Å²) in [6.45, 7) is 0. The predicted molar refractivity (Wildman–Crippen MR) is 59.1 cm³/mol. The van der Waals surface area contributed by atoms with E-state index >= 15 is 0 Å². The van der Waals surface area contributed by atoms with Gasteiger partial charge in [-0.1, -0.05) is 6.07 Å². The van der Waals surface area contributed by atoms with Crippen LogP contribution in [-0.2, 0) is 14.8 Å². The molecule has 1 aromatic rings. The highest BCUT2D eigenvalue weighted by Gasteiger charge is 2.16. The van der Waals surface area contributed by atoms with Crippen LogP contribution in [0.25, 0.3) is 0 Å². The maximum atomic E-state index is 13.5. The van der Waals surface area contributed by atoms with Crippen LogP contribution in [-0.4, -0.2) is 15.5 Å². The highest BCUT2D eigenvalue weighted by Crippen LogP contribution is 2.30. The van der Waals surface area contributed by atoms with E-state index in [1.54, 1.807) is 0 Å². The van der Waals surface area contributed by atoms with E-state index in [1.807, 2.05) is 0 Å². The molecule has 0 atom stereocenters. The maximum absolute atomic E-state index is 13.5. The topological polar surface area (TPSA) is 43.4 Å². The number of hydrogen-bond donors (Lipinski definition) is 0. The predicted octanol–water partition coefficient (Wildman–Crippen LogP) is 2.67. The summed E-state index contributed by atoms with van der Waals surface area (Å²) in [7, 11) is 2.65. The van der Waals surface area contributed by atoms with Crippen molar-refractivity contribution in [2.45, 2.75) is 5.75 Å². The van der Waals surface area contributed by atoms with Crippen molar-refractivity contribution in [1.82, 2.24) is 0 Å². The van der Waals surface area contributed by atoms with Gasteiger partial charge in [0.25, 0.3) is 0 Å². The first kappa shape index (κ1) is 12.7. The Bertz CT molecular complexity index is 475. The second-order valence-corrected chi connectivity index (χ2v) is 6.31. The van der Waals surface area contributed by atoms with Crippen LogP contribution in [0.1, 0.15) is 5.56 Å². The highest BCUT2D eigenvalue weighted by molar-refractivity contribution is 9.10. The lowest BCUT2D eigenvalue weighted by molar-refractivity contribution is 0.407. The third-order valence-corrected chi connectivity index (χ3v) is 3.40. The highest BCUT2D eigenvalue weighted by atomic mass is 79.9. The Kier molecular flexibility index (Phi) is 3.97. The van der Waals surface area contributed by atoms with Crippen molar-refractivity contribution < 1.29 is 17.5 Å². The minimum absolute atomic E-state index is 0.00215. The molecule has 0 aliphatic heterocycles. The van der Waals surface area contributed by atoms with Gasteiger partial charge in [-0.25, -0.2) is 12.8 Å². The number of benzene rings is 1. The number of rotatable bonds is 3. The van der Waals surface area contributed by atoms with Gasteiger partial charge in [-0.15, -0.1) is 0 Å². The van der Waals surface area contributed by atoms with Crippen LogP contribution in [0, 0.1) is 5.82 Å². The normalized spacial score (nSPS) is 11.5. The van der Waals surface area contributed by atoms with Crippen molar-refractivity contribution in [3.8, 4) is 5.75 Å². The largest absolute Gasteiger partial charge is 0.495 e. The number of ether oxygens (including phenoxy) is 1. The zero-order valence-electron chi connectivity index (χ0n) is 7.63. The zero-order valence-corrected chi connectivity index (χ0v) is 10.8. The summed E-state index contributed by atoms with van der Waals surface area (Å²) in [5.74, 6) is -0.940. The van der Waals surface area contributed by atoms with Crippen molar-refractivity contribution >= 4 is 35.7 Å². The van der Waals surface area contributed by atoms with Gasteiger partial charge in [0.05, 0.1) is 17.3 Å². The van der Waals surface area contributed by atoms with Gasteiger partial charge in [0.2, 0.25) is 9.05 Å². The molecular formula is C8H7BrClFO3S. The van der Waals surface area contributed by atoms with Crippen LogP contribution in [0.2, 0.25) is 0 Å². The van der Waals surface area contributed by atoms with E-state index in [-0.39, 0.29) is 10.0 Å². The van der Waals surface area contributed by atoms with E-state index in [2.05, 4.69) is 15.9 Å². The van der Waals surface area contributed by atoms with Gasteiger partial charge in [-0.3, -0.25) is 0 Å². The molecule has 0 aromatic heterocycles. The molecule has 7 heteroatoms. The summed E-state index contributed by atoms with van der Waals surface area (Å²) in [6, 6.07) is 2.78. The van der Waals surface area contributed by atoms with Crippen LogP contribution in [0.15, 0.2) is 16.6 Å². The zero-order chi connectivity index (χ0) is 11.6. The van der Waals surface area contributed by atoms with E-state index < -0.39 is 20.6 Å². The van der Waals surface area contributed by atoms with E-state index in [4.69, 9.17) is 15.4 Å². The Morgan fingerprint density at radius 3 is 2.60 bits per heavy atom. The number of methoxy groups -OCH3 is 1. The molecule has 0 fully saturated rings. The van der Waals surface area contributed by atoms with Crippen LogP contribution in [0.4, 0.5) is 4.39 Å². The summed E-state index contributed by atoms with van der Waals surface area (Å²) < 4.78 is 40.0. The smallest absolute Gasteiger partial charge is 0.236 e. The SMILES string of the molecule is COc1ccc(CS(=O)(=O)Cl)c(F)c1Br. The Balaban J connectivity index is 3.18. The minimum Gasteiger partial charge on any atom is -0.495 e. The van der Waals surface area contributed by atoms with Gasteiger partial charge < -0.3 is 4.74 Å². The van der Waals surface area contributed by atoms with Crippen molar-refractivity contribution in [3.05, 3.63) is 28.0 Å². The fraction of sp³-hybridized carbons (Fsp3) is 0.250. The number of hydrogen-bond acceptors (Lipinski definition) is 3. The molecule has 1 aromatic carbocycles. The Hall–Kier alpha value is -0.330. The lowest BCUT2D eigenvalue weighted by Gasteiger charge is -2.07. The third-order valence-electron chi connectivity index (χ3n) is 1.67. The van der Waals surface area contributed by atoms with Gasteiger partial charge in [0.15, 0.2) is 0 Å². The third kappa shape index (κ3) is 3.32. The van der Waals surface area contributed by atoms with Gasteiger partial charge in [-0.05, 0) is 22.0 Å². The molecule has 15 heavy (non-hydrogen) atoms. The molecular weight excluding hydrogens is 311 g/mol. The lowest BCUT2D eigenvalue weighted by Crippen LogP contribution is -2.00. The van der Waals surface area contributed by atoms with Gasteiger partial charge in [0.1, 0.15) is 11.6 Å². The molecule has 84 valence electrons. The average molecular weight is 318 g/mol. The summed E-state index contributed by atoms with van der Waals surface area (Å²) in [6.07, 6.45) is 0. The van der Waals surface area contributed by atoms with E-state index in [1.165, 1.54) is 19.2 Å². The second kappa shape index (κ2) is 4.67. The molecule has 0 spiro atoms. The fourth-order valence-electron chi connectivity index (χ4n) is 1.03. The Morgan fingerprint density at radius 1 is 1.53 bits per heavy atom. The summed E-state index contributed by atoms with van der Waals surface area (Å²) in [5.41, 5.74) is -0.00215. The van der Waals surface area contributed by atoms with Crippen LogP contribution < -0.4 is 4.74 Å². The first-order valence-corrected chi connectivity index (χ1v) is 7.05. The van der Waals surface area contributed by atoms with Crippen molar-refractivity contribution in [2.24, 2.45) is 0 Å². The minimum atomic E-state index is -3.77. The molecule has 1 rings (SSSR count). The van der Waals surface area contributed by atoms with Crippen molar-refractivity contribution in [3.63, 3.8) is 0 Å². The van der Waals surface area contributed by atoms with Gasteiger partial charge >= 0.3 is 0 Å². The molecule has 0 amide bonds. The van der Waals surface area contributed by atoms with E-state index in [9.17, 15) is 12.8 Å². The van der Waals surface area contributed by atoms with Crippen molar-refractivity contribution in [2.75, 3.05) is 7.11 Å². The molecule has 0 unspecified atom stereocenters. The second-order valence-electron chi connectivity index (χ2n) is 2.74. The molecule has 0 radical (unpaired) electrons. The summed E-state index contributed by atoms with van der Waals surface area (Å²) in [5, 5.41) is 0. The van der Waals surface area contributed by atoms with Crippen LogP contribution in [0.5, 0.6) is 5.75 Å². The quantitative estimate of drug-likeness (QED) is 0.805. The fourth-order valence-corrected chi connectivity index (χ4v) is 2.52.